The predicted octanol–water partition coefficient (Wildman–Crippen LogP) is 4.53. The fourth-order valence-electron chi connectivity index (χ4n) is 3.01. The first-order valence-electron chi connectivity index (χ1n) is 9.65. The lowest BCUT2D eigenvalue weighted by atomic mass is 10.2. The van der Waals surface area contributed by atoms with Crippen molar-refractivity contribution in [2.24, 2.45) is 0 Å². The average molecular weight is 452 g/mol. The van der Waals surface area contributed by atoms with Crippen molar-refractivity contribution >= 4 is 15.7 Å². The molecule has 0 aliphatic heterocycles. The number of hydrogen-bond acceptors (Lipinski definition) is 7. The number of anilines is 1. The van der Waals surface area contributed by atoms with Gasteiger partial charge in [0, 0.05) is 22.9 Å². The van der Waals surface area contributed by atoms with Gasteiger partial charge in [0.25, 0.3) is 15.9 Å². The topological polar surface area (TPSA) is 104 Å². The molecule has 0 bridgehead atoms. The number of nitrogens with one attached hydrogen (secondary N) is 1. The van der Waals surface area contributed by atoms with Crippen molar-refractivity contribution in [1.82, 2.24) is 10.1 Å². The zero-order valence-corrected chi connectivity index (χ0v) is 18.5. The molecule has 0 aliphatic rings. The number of aromatic nitrogens is 2. The number of rotatable bonds is 7. The second-order valence-electron chi connectivity index (χ2n) is 7.02. The highest BCUT2D eigenvalue weighted by atomic mass is 32.2. The molecular formula is C23H21N3O5S. The second kappa shape index (κ2) is 8.72. The fourth-order valence-corrected chi connectivity index (χ4v) is 4.07. The molecule has 3 aromatic carbocycles. The van der Waals surface area contributed by atoms with Crippen LogP contribution in [0.3, 0.4) is 0 Å². The van der Waals surface area contributed by atoms with E-state index < -0.39 is 10.0 Å². The van der Waals surface area contributed by atoms with Gasteiger partial charge in [0.15, 0.2) is 0 Å². The van der Waals surface area contributed by atoms with Crippen LogP contribution < -0.4 is 14.2 Å². The first kappa shape index (κ1) is 21.4. The van der Waals surface area contributed by atoms with E-state index in [1.807, 2.05) is 6.92 Å². The van der Waals surface area contributed by atoms with E-state index in [0.29, 0.717) is 40.0 Å². The lowest BCUT2D eigenvalue weighted by molar-refractivity contribution is 0.393. The normalized spacial score (nSPS) is 11.2. The summed E-state index contributed by atoms with van der Waals surface area (Å²) in [7, 11) is -0.552. The number of ether oxygens (including phenoxy) is 2. The van der Waals surface area contributed by atoms with Gasteiger partial charge in [-0.15, -0.1) is 0 Å². The van der Waals surface area contributed by atoms with Crippen LogP contribution in [0, 0.1) is 6.92 Å². The minimum Gasteiger partial charge on any atom is -0.497 e. The highest BCUT2D eigenvalue weighted by molar-refractivity contribution is 7.92. The molecule has 0 saturated heterocycles. The van der Waals surface area contributed by atoms with Crippen LogP contribution in [0.4, 0.5) is 5.69 Å². The van der Waals surface area contributed by atoms with E-state index in [-0.39, 0.29) is 4.90 Å². The predicted molar refractivity (Wildman–Crippen MR) is 120 cm³/mol. The van der Waals surface area contributed by atoms with E-state index in [1.54, 1.807) is 80.9 Å². The fraction of sp³-hybridized carbons (Fsp3) is 0.130. The number of methoxy groups -OCH3 is 2. The molecule has 0 amide bonds. The molecule has 1 aromatic heterocycles. The smallest absolute Gasteiger partial charge is 0.261 e. The molecule has 0 radical (unpaired) electrons. The molecule has 8 nitrogen and oxygen atoms in total. The molecule has 0 aliphatic carbocycles. The number of sulfonamides is 1. The Kier molecular flexibility index (Phi) is 5.83. The third-order valence-electron chi connectivity index (χ3n) is 4.75. The molecule has 1 heterocycles. The van der Waals surface area contributed by atoms with Gasteiger partial charge in [0.2, 0.25) is 5.82 Å². The monoisotopic (exact) mass is 451 g/mol. The van der Waals surface area contributed by atoms with Gasteiger partial charge < -0.3 is 14.0 Å². The molecule has 4 rings (SSSR count). The molecule has 1 N–H and O–H groups in total. The maximum absolute atomic E-state index is 12.6. The van der Waals surface area contributed by atoms with E-state index >= 15 is 0 Å². The van der Waals surface area contributed by atoms with Gasteiger partial charge in [0.05, 0.1) is 19.1 Å². The van der Waals surface area contributed by atoms with Gasteiger partial charge in [0.1, 0.15) is 11.5 Å². The minimum absolute atomic E-state index is 0.198. The lowest BCUT2D eigenvalue weighted by Gasteiger charge is -2.08. The number of nitrogens with zero attached hydrogens (tertiary/aromatic N) is 2. The zero-order valence-electron chi connectivity index (χ0n) is 17.7. The lowest BCUT2D eigenvalue weighted by Crippen LogP contribution is -2.12. The minimum atomic E-state index is -3.68. The average Bonchev–Trinajstić information content (AvgIpc) is 3.29. The largest absolute Gasteiger partial charge is 0.497 e. The molecule has 0 fully saturated rings. The number of hydrogen-bond donors (Lipinski definition) is 1. The van der Waals surface area contributed by atoms with Gasteiger partial charge in [-0.25, -0.2) is 8.42 Å². The van der Waals surface area contributed by atoms with Crippen LogP contribution in [0.25, 0.3) is 22.8 Å². The molecule has 32 heavy (non-hydrogen) atoms. The summed E-state index contributed by atoms with van der Waals surface area (Å²) in [6.07, 6.45) is 0. The van der Waals surface area contributed by atoms with Crippen molar-refractivity contribution in [3.05, 3.63) is 72.3 Å². The Morgan fingerprint density at radius 3 is 2.06 bits per heavy atom. The van der Waals surface area contributed by atoms with Crippen LogP contribution in [0.2, 0.25) is 0 Å². The highest BCUT2D eigenvalue weighted by Gasteiger charge is 2.16. The second-order valence-corrected chi connectivity index (χ2v) is 8.70. The van der Waals surface area contributed by atoms with Gasteiger partial charge in [-0.3, -0.25) is 4.72 Å². The molecule has 0 unspecified atom stereocenters. The van der Waals surface area contributed by atoms with Crippen molar-refractivity contribution in [3.8, 4) is 34.3 Å². The highest BCUT2D eigenvalue weighted by Crippen LogP contribution is 2.30. The van der Waals surface area contributed by atoms with Crippen LogP contribution in [0.5, 0.6) is 11.5 Å². The van der Waals surface area contributed by atoms with Gasteiger partial charge in [-0.2, -0.15) is 4.98 Å². The van der Waals surface area contributed by atoms with Gasteiger partial charge >= 0.3 is 0 Å². The van der Waals surface area contributed by atoms with E-state index in [4.69, 9.17) is 14.0 Å². The summed E-state index contributed by atoms with van der Waals surface area (Å²) in [5, 5.41) is 4.03. The van der Waals surface area contributed by atoms with Crippen molar-refractivity contribution in [1.29, 1.82) is 0 Å². The van der Waals surface area contributed by atoms with E-state index in [9.17, 15) is 8.42 Å². The summed E-state index contributed by atoms with van der Waals surface area (Å²) in [6.45, 7) is 1.90. The zero-order chi connectivity index (χ0) is 22.7. The van der Waals surface area contributed by atoms with Crippen molar-refractivity contribution in [3.63, 3.8) is 0 Å². The Labute approximate surface area is 185 Å². The van der Waals surface area contributed by atoms with Crippen LogP contribution in [-0.4, -0.2) is 32.8 Å². The molecular weight excluding hydrogens is 430 g/mol. The summed E-state index contributed by atoms with van der Waals surface area (Å²) in [6, 6.07) is 18.6. The van der Waals surface area contributed by atoms with Crippen LogP contribution >= 0.6 is 0 Å². The third-order valence-corrected chi connectivity index (χ3v) is 6.15. The third kappa shape index (κ3) is 4.57. The quantitative estimate of drug-likeness (QED) is 0.440. The van der Waals surface area contributed by atoms with Crippen molar-refractivity contribution in [2.75, 3.05) is 18.9 Å². The Hall–Kier alpha value is -3.85. The first-order chi connectivity index (χ1) is 15.4. The number of benzene rings is 3. The Balaban J connectivity index is 1.54. The van der Waals surface area contributed by atoms with Crippen molar-refractivity contribution in [2.45, 2.75) is 11.8 Å². The van der Waals surface area contributed by atoms with E-state index in [0.717, 1.165) is 5.56 Å². The molecule has 0 saturated carbocycles. The van der Waals surface area contributed by atoms with Crippen LogP contribution in [0.1, 0.15) is 5.56 Å². The van der Waals surface area contributed by atoms with Crippen LogP contribution in [0.15, 0.2) is 76.1 Å². The Bertz CT molecular complexity index is 1310. The first-order valence-corrected chi connectivity index (χ1v) is 11.1. The SMILES string of the molecule is COc1cc(OC)cc(-c2nc(-c3ccc(NS(=O)(=O)c4ccc(C)cc4)cc3)no2)c1. The molecule has 0 atom stereocenters. The summed E-state index contributed by atoms with van der Waals surface area (Å²) < 4.78 is 43.6. The Morgan fingerprint density at radius 1 is 0.844 bits per heavy atom. The molecule has 164 valence electrons. The van der Waals surface area contributed by atoms with Gasteiger partial charge in [-0.1, -0.05) is 22.9 Å². The Morgan fingerprint density at radius 2 is 1.47 bits per heavy atom. The summed E-state index contributed by atoms with van der Waals surface area (Å²) >= 11 is 0. The standard InChI is InChI=1S/C23H21N3O5S/c1-15-4-10-21(11-5-15)32(27,28)26-18-8-6-16(7-9-18)22-24-23(31-25-22)17-12-19(29-2)14-20(13-17)30-3/h4-14,26H,1-3H3. The summed E-state index contributed by atoms with van der Waals surface area (Å²) in [4.78, 5) is 4.63. The van der Waals surface area contributed by atoms with Crippen LogP contribution in [-0.2, 0) is 10.0 Å². The maximum atomic E-state index is 12.6. The number of aryl methyl sites for hydroxylation is 1. The van der Waals surface area contributed by atoms with Gasteiger partial charge in [-0.05, 0) is 55.5 Å². The van der Waals surface area contributed by atoms with E-state index in [2.05, 4.69) is 14.9 Å². The molecule has 4 aromatic rings. The molecule has 9 heteroatoms. The van der Waals surface area contributed by atoms with Crippen molar-refractivity contribution < 1.29 is 22.4 Å². The van der Waals surface area contributed by atoms with E-state index in [1.165, 1.54) is 0 Å². The maximum Gasteiger partial charge on any atom is 0.261 e. The summed E-state index contributed by atoms with van der Waals surface area (Å²) in [5.74, 6) is 1.88. The summed E-state index contributed by atoms with van der Waals surface area (Å²) in [5.41, 5.74) is 2.74. The molecule has 0 spiro atoms.